The lowest BCUT2D eigenvalue weighted by Crippen LogP contribution is -2.54. The van der Waals surface area contributed by atoms with E-state index in [0.717, 1.165) is 11.3 Å². The number of halogens is 3. The number of piperidine rings is 1. The van der Waals surface area contributed by atoms with Crippen molar-refractivity contribution in [2.45, 2.75) is 32.2 Å². The second-order valence-corrected chi connectivity index (χ2v) is 4.56. The largest absolute Gasteiger partial charge is 0.327 e. The van der Waals surface area contributed by atoms with E-state index < -0.39 is 18.4 Å². The van der Waals surface area contributed by atoms with E-state index >= 15 is 0 Å². The van der Waals surface area contributed by atoms with E-state index in [-0.39, 0.29) is 23.6 Å². The summed E-state index contributed by atoms with van der Waals surface area (Å²) in [5.41, 5.74) is 0. The third kappa shape index (κ3) is 2.78. The molecule has 0 spiro atoms. The van der Waals surface area contributed by atoms with Gasteiger partial charge in [0.25, 0.3) is 5.91 Å². The van der Waals surface area contributed by atoms with Gasteiger partial charge in [-0.25, -0.2) is 0 Å². The van der Waals surface area contributed by atoms with E-state index in [2.05, 4.69) is 15.9 Å². The molecule has 2 atom stereocenters. The van der Waals surface area contributed by atoms with Crippen LogP contribution in [0.3, 0.4) is 0 Å². The number of Topliss-reactive ketones (excluding diaryl/α,β-unsaturated/α-hetero) is 1. The smallest absolute Gasteiger partial charge is 0.315 e. The van der Waals surface area contributed by atoms with Crippen LogP contribution in [-0.4, -0.2) is 40.9 Å². The first-order valence-corrected chi connectivity index (χ1v) is 6.28. The number of ketones is 1. The van der Waals surface area contributed by atoms with Crippen LogP contribution in [0.25, 0.3) is 0 Å². The number of likely N-dealkylation sites (tertiary alicyclic amines) is 1. The predicted octanol–water partition coefficient (Wildman–Crippen LogP) is 1.84. The molecule has 1 saturated heterocycles. The monoisotopic (exact) mass is 297 g/mol. The normalized spacial score (nSPS) is 25.9. The molecule has 2 unspecified atom stereocenters. The van der Waals surface area contributed by atoms with Crippen molar-refractivity contribution in [1.29, 1.82) is 0 Å². The van der Waals surface area contributed by atoms with Crippen LogP contribution in [0.1, 0.15) is 19.8 Å². The maximum atomic E-state index is 12.4. The van der Waals surface area contributed by atoms with Gasteiger partial charge in [0, 0.05) is 6.54 Å². The number of hydrogen-bond acceptors (Lipinski definition) is 2. The molecule has 1 fully saturated rings. The third-order valence-electron chi connectivity index (χ3n) is 2.86. The van der Waals surface area contributed by atoms with Gasteiger partial charge in [-0.15, -0.1) is 0 Å². The predicted molar refractivity (Wildman–Crippen MR) is 58.7 cm³/mol. The molecule has 0 N–H and O–H groups in total. The van der Waals surface area contributed by atoms with Gasteiger partial charge in [-0.2, -0.15) is 8.78 Å². The maximum absolute atomic E-state index is 12.4. The van der Waals surface area contributed by atoms with E-state index in [1.54, 1.807) is 0 Å². The van der Waals surface area contributed by atoms with Crippen molar-refractivity contribution < 1.29 is 18.4 Å². The zero-order valence-electron chi connectivity index (χ0n) is 8.96. The summed E-state index contributed by atoms with van der Waals surface area (Å²) < 4.78 is 24.7. The van der Waals surface area contributed by atoms with Crippen LogP contribution in [0.2, 0.25) is 0 Å². The molecule has 0 aromatic carbocycles. The van der Waals surface area contributed by atoms with Crippen LogP contribution in [0.15, 0.2) is 0 Å². The standard InChI is InChI=1S/C10H14BrF2NO2/c1-6-3-2-4-14(10(16)9(12)13)8(6)7(15)5-11/h6,8-9H,2-5H2,1H3. The molecular weight excluding hydrogens is 284 g/mol. The molecular formula is C10H14BrF2NO2. The fraction of sp³-hybridized carbons (Fsp3) is 0.800. The minimum absolute atomic E-state index is 0.0542. The molecule has 1 aliphatic heterocycles. The minimum Gasteiger partial charge on any atom is -0.327 e. The molecule has 6 heteroatoms. The topological polar surface area (TPSA) is 37.4 Å². The molecule has 1 amide bonds. The highest BCUT2D eigenvalue weighted by molar-refractivity contribution is 9.09. The van der Waals surface area contributed by atoms with E-state index in [4.69, 9.17) is 0 Å². The molecule has 0 bridgehead atoms. The average molecular weight is 298 g/mol. The summed E-state index contributed by atoms with van der Waals surface area (Å²) in [4.78, 5) is 23.9. The van der Waals surface area contributed by atoms with Crippen molar-refractivity contribution >= 4 is 27.6 Å². The van der Waals surface area contributed by atoms with Crippen molar-refractivity contribution in [3.8, 4) is 0 Å². The van der Waals surface area contributed by atoms with Crippen LogP contribution in [0, 0.1) is 5.92 Å². The first-order chi connectivity index (χ1) is 7.49. The molecule has 0 radical (unpaired) electrons. The lowest BCUT2D eigenvalue weighted by Gasteiger charge is -2.38. The van der Waals surface area contributed by atoms with E-state index in [1.807, 2.05) is 6.92 Å². The number of amides is 1. The molecule has 0 aromatic heterocycles. The average Bonchev–Trinajstić information content (AvgIpc) is 2.26. The van der Waals surface area contributed by atoms with Crippen molar-refractivity contribution in [2.75, 3.05) is 11.9 Å². The number of rotatable bonds is 3. The van der Waals surface area contributed by atoms with Gasteiger partial charge in [-0.1, -0.05) is 22.9 Å². The van der Waals surface area contributed by atoms with Crippen LogP contribution in [0.5, 0.6) is 0 Å². The Morgan fingerprint density at radius 1 is 1.50 bits per heavy atom. The van der Waals surface area contributed by atoms with Crippen molar-refractivity contribution in [3.05, 3.63) is 0 Å². The molecule has 16 heavy (non-hydrogen) atoms. The molecule has 92 valence electrons. The molecule has 1 aliphatic rings. The molecule has 0 saturated carbocycles. The van der Waals surface area contributed by atoms with Crippen LogP contribution in [0.4, 0.5) is 8.78 Å². The van der Waals surface area contributed by atoms with Gasteiger partial charge in [0.1, 0.15) is 0 Å². The Kier molecular flexibility index (Phi) is 4.83. The Morgan fingerprint density at radius 3 is 2.62 bits per heavy atom. The highest BCUT2D eigenvalue weighted by Gasteiger charge is 2.38. The summed E-state index contributed by atoms with van der Waals surface area (Å²) in [6, 6.07) is -0.699. The zero-order chi connectivity index (χ0) is 12.3. The van der Waals surface area contributed by atoms with E-state index in [9.17, 15) is 18.4 Å². The Labute approximate surface area is 101 Å². The summed E-state index contributed by atoms with van der Waals surface area (Å²) >= 11 is 3.02. The second kappa shape index (κ2) is 5.70. The highest BCUT2D eigenvalue weighted by atomic mass is 79.9. The Bertz CT molecular complexity index is 286. The van der Waals surface area contributed by atoms with Crippen molar-refractivity contribution in [1.82, 2.24) is 4.90 Å². The summed E-state index contributed by atoms with van der Waals surface area (Å²) in [6.07, 6.45) is -1.57. The molecule has 0 aliphatic carbocycles. The number of nitrogens with zero attached hydrogens (tertiary/aromatic N) is 1. The summed E-state index contributed by atoms with van der Waals surface area (Å²) in [5.74, 6) is -1.49. The highest BCUT2D eigenvalue weighted by Crippen LogP contribution is 2.25. The van der Waals surface area contributed by atoms with Crippen LogP contribution < -0.4 is 0 Å². The Balaban J connectivity index is 2.86. The van der Waals surface area contributed by atoms with Gasteiger partial charge >= 0.3 is 6.43 Å². The Morgan fingerprint density at radius 2 is 2.12 bits per heavy atom. The maximum Gasteiger partial charge on any atom is 0.315 e. The fourth-order valence-corrected chi connectivity index (χ4v) is 2.46. The number of carbonyl (C=O) groups is 2. The third-order valence-corrected chi connectivity index (χ3v) is 3.42. The van der Waals surface area contributed by atoms with Crippen LogP contribution in [-0.2, 0) is 9.59 Å². The SMILES string of the molecule is CC1CCCN(C(=O)C(F)F)C1C(=O)CBr. The Hall–Kier alpha value is -0.520. The zero-order valence-corrected chi connectivity index (χ0v) is 10.5. The summed E-state index contributed by atoms with van der Waals surface area (Å²) in [6.45, 7) is 2.06. The minimum atomic E-state index is -3.03. The molecule has 1 rings (SSSR count). The number of hydrogen-bond donors (Lipinski definition) is 0. The summed E-state index contributed by atoms with van der Waals surface area (Å²) in [7, 11) is 0. The van der Waals surface area contributed by atoms with E-state index in [0.29, 0.717) is 6.42 Å². The molecule has 0 aromatic rings. The first kappa shape index (κ1) is 13.5. The van der Waals surface area contributed by atoms with Crippen molar-refractivity contribution in [2.24, 2.45) is 5.92 Å². The first-order valence-electron chi connectivity index (χ1n) is 5.16. The lowest BCUT2D eigenvalue weighted by molar-refractivity contribution is -0.151. The van der Waals surface area contributed by atoms with Crippen LogP contribution >= 0.6 is 15.9 Å². The second-order valence-electron chi connectivity index (χ2n) is 4.00. The van der Waals surface area contributed by atoms with Gasteiger partial charge in [0.2, 0.25) is 0 Å². The van der Waals surface area contributed by atoms with Crippen molar-refractivity contribution in [3.63, 3.8) is 0 Å². The number of carbonyl (C=O) groups excluding carboxylic acids is 2. The van der Waals surface area contributed by atoms with Gasteiger partial charge in [0.05, 0.1) is 11.4 Å². The van der Waals surface area contributed by atoms with Gasteiger partial charge in [0.15, 0.2) is 5.78 Å². The lowest BCUT2D eigenvalue weighted by atomic mass is 9.88. The van der Waals surface area contributed by atoms with Gasteiger partial charge in [-0.3, -0.25) is 9.59 Å². The quantitative estimate of drug-likeness (QED) is 0.746. The van der Waals surface area contributed by atoms with E-state index in [1.165, 1.54) is 0 Å². The number of alkyl halides is 3. The van der Waals surface area contributed by atoms with Gasteiger partial charge < -0.3 is 4.90 Å². The fourth-order valence-electron chi connectivity index (χ4n) is 2.13. The van der Waals surface area contributed by atoms with Gasteiger partial charge in [-0.05, 0) is 18.8 Å². The molecule has 1 heterocycles. The molecule has 3 nitrogen and oxygen atoms in total. The summed E-state index contributed by atoms with van der Waals surface area (Å²) in [5, 5.41) is 0.0923.